The number of pyridine rings is 1. The maximum absolute atomic E-state index is 13.4. The predicted molar refractivity (Wildman–Crippen MR) is 71.2 cm³/mol. The Bertz CT molecular complexity index is 433. The fourth-order valence-corrected chi connectivity index (χ4v) is 3.16. The molecular formula is C13H16BrFN2O. The average molecular weight is 315 g/mol. The SMILES string of the molecule is O=C(NCC1(CBr)CCCC1)c1ccncc1F. The third-order valence-corrected chi connectivity index (χ3v) is 4.78. The monoisotopic (exact) mass is 314 g/mol. The van der Waals surface area contributed by atoms with Crippen LogP contribution in [0, 0.1) is 11.2 Å². The van der Waals surface area contributed by atoms with E-state index in [-0.39, 0.29) is 16.9 Å². The zero-order valence-corrected chi connectivity index (χ0v) is 11.7. The van der Waals surface area contributed by atoms with E-state index in [2.05, 4.69) is 26.2 Å². The van der Waals surface area contributed by atoms with Gasteiger partial charge in [-0.05, 0) is 24.3 Å². The van der Waals surface area contributed by atoms with Crippen molar-refractivity contribution in [2.45, 2.75) is 25.7 Å². The van der Waals surface area contributed by atoms with Gasteiger partial charge in [-0.3, -0.25) is 9.78 Å². The molecule has 0 atom stereocenters. The molecule has 0 aliphatic heterocycles. The number of amides is 1. The number of nitrogens with one attached hydrogen (secondary N) is 1. The summed E-state index contributed by atoms with van der Waals surface area (Å²) in [5, 5.41) is 3.71. The van der Waals surface area contributed by atoms with E-state index in [0.29, 0.717) is 6.54 Å². The first kappa shape index (κ1) is 13.5. The van der Waals surface area contributed by atoms with Crippen LogP contribution < -0.4 is 5.32 Å². The highest BCUT2D eigenvalue weighted by atomic mass is 79.9. The number of hydrogen-bond acceptors (Lipinski definition) is 2. The summed E-state index contributed by atoms with van der Waals surface area (Å²) in [5.41, 5.74) is 0.201. The van der Waals surface area contributed by atoms with Crippen molar-refractivity contribution < 1.29 is 9.18 Å². The highest BCUT2D eigenvalue weighted by molar-refractivity contribution is 9.09. The van der Waals surface area contributed by atoms with Crippen LogP contribution in [0.15, 0.2) is 18.5 Å². The van der Waals surface area contributed by atoms with Crippen LogP contribution in [0.5, 0.6) is 0 Å². The van der Waals surface area contributed by atoms with Gasteiger partial charge in [-0.15, -0.1) is 0 Å². The Balaban J connectivity index is 1.98. The zero-order valence-electron chi connectivity index (χ0n) is 10.1. The molecule has 0 bridgehead atoms. The van der Waals surface area contributed by atoms with Crippen molar-refractivity contribution in [1.29, 1.82) is 0 Å². The highest BCUT2D eigenvalue weighted by Gasteiger charge is 2.33. The molecule has 0 spiro atoms. The minimum Gasteiger partial charge on any atom is -0.351 e. The molecule has 1 aromatic rings. The normalized spacial score (nSPS) is 17.7. The van der Waals surface area contributed by atoms with Crippen molar-refractivity contribution in [1.82, 2.24) is 10.3 Å². The lowest BCUT2D eigenvalue weighted by Crippen LogP contribution is -2.37. The molecule has 1 heterocycles. The van der Waals surface area contributed by atoms with E-state index in [1.54, 1.807) is 0 Å². The summed E-state index contributed by atoms with van der Waals surface area (Å²) in [6, 6.07) is 1.40. The van der Waals surface area contributed by atoms with E-state index in [4.69, 9.17) is 0 Å². The highest BCUT2D eigenvalue weighted by Crippen LogP contribution is 2.38. The quantitative estimate of drug-likeness (QED) is 0.868. The maximum atomic E-state index is 13.4. The third-order valence-electron chi connectivity index (χ3n) is 3.59. The van der Waals surface area contributed by atoms with Gasteiger partial charge >= 0.3 is 0 Å². The number of aromatic nitrogens is 1. The molecule has 0 unspecified atom stereocenters. The van der Waals surface area contributed by atoms with Gasteiger partial charge in [0, 0.05) is 18.1 Å². The fraction of sp³-hybridized carbons (Fsp3) is 0.538. The third kappa shape index (κ3) is 2.88. The lowest BCUT2D eigenvalue weighted by atomic mass is 9.89. The molecule has 0 aromatic carbocycles. The van der Waals surface area contributed by atoms with Crippen LogP contribution in [0.1, 0.15) is 36.0 Å². The van der Waals surface area contributed by atoms with E-state index >= 15 is 0 Å². The molecule has 1 aromatic heterocycles. The largest absolute Gasteiger partial charge is 0.351 e. The van der Waals surface area contributed by atoms with Crippen LogP contribution in [0.25, 0.3) is 0 Å². The van der Waals surface area contributed by atoms with Crippen LogP contribution in [0.4, 0.5) is 4.39 Å². The van der Waals surface area contributed by atoms with Gasteiger partial charge in [0.25, 0.3) is 5.91 Å². The van der Waals surface area contributed by atoms with Crippen molar-refractivity contribution in [3.05, 3.63) is 29.8 Å². The van der Waals surface area contributed by atoms with Gasteiger partial charge in [-0.2, -0.15) is 0 Å². The number of alkyl halides is 1. The standard InChI is InChI=1S/C13H16BrFN2O/c14-8-13(4-1-2-5-13)9-17-12(18)10-3-6-16-7-11(10)15/h3,6-7H,1-2,4-5,8-9H2,(H,17,18). The van der Waals surface area contributed by atoms with Gasteiger partial charge in [0.15, 0.2) is 5.82 Å². The van der Waals surface area contributed by atoms with Crippen molar-refractivity contribution in [3.63, 3.8) is 0 Å². The van der Waals surface area contributed by atoms with Gasteiger partial charge in [0.1, 0.15) is 0 Å². The molecule has 1 amide bonds. The summed E-state index contributed by atoms with van der Waals surface area (Å²) >= 11 is 3.52. The Hall–Kier alpha value is -0.970. The van der Waals surface area contributed by atoms with Crippen molar-refractivity contribution in [2.24, 2.45) is 5.41 Å². The van der Waals surface area contributed by atoms with Gasteiger partial charge < -0.3 is 5.32 Å². The summed E-state index contributed by atoms with van der Waals surface area (Å²) in [4.78, 5) is 15.5. The second kappa shape index (κ2) is 5.78. The van der Waals surface area contributed by atoms with Gasteiger partial charge in [-0.25, -0.2) is 4.39 Å². The van der Waals surface area contributed by atoms with Gasteiger partial charge in [0.2, 0.25) is 0 Å². The zero-order chi connectivity index (χ0) is 13.0. The second-order valence-corrected chi connectivity index (χ2v) is 5.44. The minimum absolute atomic E-state index is 0.0627. The van der Waals surface area contributed by atoms with Crippen LogP contribution in [0.3, 0.4) is 0 Å². The van der Waals surface area contributed by atoms with Crippen LogP contribution in [-0.4, -0.2) is 22.8 Å². The Morgan fingerprint density at radius 1 is 1.50 bits per heavy atom. The summed E-state index contributed by atoms with van der Waals surface area (Å²) in [6.07, 6.45) is 7.10. The number of rotatable bonds is 4. The van der Waals surface area contributed by atoms with E-state index in [9.17, 15) is 9.18 Å². The van der Waals surface area contributed by atoms with E-state index in [1.807, 2.05) is 0 Å². The molecule has 3 nitrogen and oxygen atoms in total. The summed E-state index contributed by atoms with van der Waals surface area (Å²) < 4.78 is 13.4. The first-order valence-corrected chi connectivity index (χ1v) is 7.23. The van der Waals surface area contributed by atoms with E-state index in [1.165, 1.54) is 25.1 Å². The van der Waals surface area contributed by atoms with Gasteiger partial charge in [0.05, 0.1) is 11.8 Å². The van der Waals surface area contributed by atoms with Gasteiger partial charge in [-0.1, -0.05) is 28.8 Å². The minimum atomic E-state index is -0.575. The predicted octanol–water partition coefficient (Wildman–Crippen LogP) is 2.91. The lowest BCUT2D eigenvalue weighted by molar-refractivity contribution is 0.0931. The molecule has 1 N–H and O–H groups in total. The summed E-state index contributed by atoms with van der Waals surface area (Å²) in [6.45, 7) is 0.596. The van der Waals surface area contributed by atoms with Crippen molar-refractivity contribution in [3.8, 4) is 0 Å². The Kier molecular flexibility index (Phi) is 4.32. The number of carbonyl (C=O) groups excluding carboxylic acids is 1. The smallest absolute Gasteiger partial charge is 0.254 e. The van der Waals surface area contributed by atoms with E-state index in [0.717, 1.165) is 24.4 Å². The summed E-state index contributed by atoms with van der Waals surface area (Å²) in [7, 11) is 0. The molecule has 1 aliphatic carbocycles. The molecule has 1 saturated carbocycles. The Morgan fingerprint density at radius 2 is 2.22 bits per heavy atom. The number of nitrogens with zero attached hydrogens (tertiary/aromatic N) is 1. The van der Waals surface area contributed by atoms with Crippen molar-refractivity contribution >= 4 is 21.8 Å². The molecule has 1 aliphatic rings. The summed E-state index contributed by atoms with van der Waals surface area (Å²) in [5.74, 6) is -0.934. The maximum Gasteiger partial charge on any atom is 0.254 e. The van der Waals surface area contributed by atoms with Crippen LogP contribution in [0.2, 0.25) is 0 Å². The Labute approximate surface area is 114 Å². The van der Waals surface area contributed by atoms with Crippen LogP contribution in [-0.2, 0) is 0 Å². The molecular weight excluding hydrogens is 299 g/mol. The molecule has 98 valence electrons. The number of hydrogen-bond donors (Lipinski definition) is 1. The topological polar surface area (TPSA) is 42.0 Å². The molecule has 1 fully saturated rings. The average Bonchev–Trinajstić information content (AvgIpc) is 2.86. The number of carbonyl (C=O) groups is 1. The number of halogens is 2. The molecule has 0 radical (unpaired) electrons. The van der Waals surface area contributed by atoms with Crippen molar-refractivity contribution in [2.75, 3.05) is 11.9 Å². The molecule has 2 rings (SSSR count). The Morgan fingerprint density at radius 3 is 2.83 bits per heavy atom. The first-order valence-electron chi connectivity index (χ1n) is 6.11. The van der Waals surface area contributed by atoms with E-state index < -0.39 is 5.82 Å². The molecule has 18 heavy (non-hydrogen) atoms. The first-order chi connectivity index (χ1) is 8.67. The second-order valence-electron chi connectivity index (χ2n) is 4.88. The fourth-order valence-electron chi connectivity index (χ4n) is 2.40. The lowest BCUT2D eigenvalue weighted by Gasteiger charge is -2.26. The molecule has 5 heteroatoms. The van der Waals surface area contributed by atoms with Crippen LogP contribution >= 0.6 is 15.9 Å². The molecule has 0 saturated heterocycles.